The van der Waals surface area contributed by atoms with Gasteiger partial charge in [0.25, 0.3) is 5.91 Å². The van der Waals surface area contributed by atoms with Gasteiger partial charge in [0.2, 0.25) is 0 Å². The number of halogens is 3. The minimum absolute atomic E-state index is 0.0292. The topological polar surface area (TPSA) is 97.0 Å². The number of ether oxygens (including phenoxy) is 1. The Balaban J connectivity index is 0.000000384. The summed E-state index contributed by atoms with van der Waals surface area (Å²) in [5, 5.41) is 7.12. The maximum atomic E-state index is 13.3. The van der Waals surface area contributed by atoms with E-state index < -0.39 is 12.1 Å². The summed E-state index contributed by atoms with van der Waals surface area (Å²) >= 11 is 0. The predicted molar refractivity (Wildman–Crippen MR) is 124 cm³/mol. The Morgan fingerprint density at radius 3 is 2.58 bits per heavy atom. The minimum Gasteiger partial charge on any atom is -0.496 e. The van der Waals surface area contributed by atoms with Gasteiger partial charge in [-0.05, 0) is 35.9 Å². The van der Waals surface area contributed by atoms with Crippen molar-refractivity contribution >= 4 is 17.5 Å². The van der Waals surface area contributed by atoms with E-state index in [4.69, 9.17) is 14.6 Å². The molecule has 0 bridgehead atoms. The molecule has 0 atom stereocenters. The molecule has 0 aliphatic carbocycles. The van der Waals surface area contributed by atoms with Crippen LogP contribution in [0, 0.1) is 0 Å². The van der Waals surface area contributed by atoms with Crippen LogP contribution in [0.1, 0.15) is 21.6 Å². The van der Waals surface area contributed by atoms with Crippen molar-refractivity contribution in [1.29, 1.82) is 0 Å². The molecule has 3 aromatic heterocycles. The zero-order valence-corrected chi connectivity index (χ0v) is 19.1. The quantitative estimate of drug-likeness (QED) is 0.442. The number of rotatable bonds is 5. The summed E-state index contributed by atoms with van der Waals surface area (Å²) in [6, 6.07) is 13.7. The molecule has 4 heterocycles. The number of hydrogen-bond donors (Lipinski definition) is 1. The van der Waals surface area contributed by atoms with Crippen LogP contribution in [0.3, 0.4) is 0 Å². The first-order valence-corrected chi connectivity index (χ1v) is 10.8. The third-order valence-corrected chi connectivity index (χ3v) is 5.61. The first-order chi connectivity index (χ1) is 17.2. The third-order valence-electron chi connectivity index (χ3n) is 5.61. The first kappa shape index (κ1) is 24.7. The van der Waals surface area contributed by atoms with Crippen LogP contribution in [0.4, 0.5) is 13.2 Å². The van der Waals surface area contributed by atoms with Crippen molar-refractivity contribution in [3.8, 4) is 16.9 Å². The molecule has 1 aliphatic heterocycles. The van der Waals surface area contributed by atoms with Gasteiger partial charge in [-0.3, -0.25) is 9.78 Å². The number of carbonyl (C=O) groups is 2. The van der Waals surface area contributed by atoms with Gasteiger partial charge in [0.05, 0.1) is 24.9 Å². The fraction of sp³-hybridized carbons (Fsp3) is 0.200. The molecule has 0 radical (unpaired) electrons. The normalized spacial score (nSPS) is 12.8. The largest absolute Gasteiger partial charge is 0.496 e. The van der Waals surface area contributed by atoms with E-state index in [2.05, 4.69) is 9.97 Å². The fourth-order valence-corrected chi connectivity index (χ4v) is 3.94. The lowest BCUT2D eigenvalue weighted by Crippen LogP contribution is -2.26. The molecule has 4 aromatic rings. The maximum absolute atomic E-state index is 13.3. The molecule has 0 spiro atoms. The zero-order chi connectivity index (χ0) is 25.9. The molecular formula is C25H21F3N4O4. The Hall–Kier alpha value is -4.41. The van der Waals surface area contributed by atoms with Crippen LogP contribution in [-0.2, 0) is 17.8 Å². The van der Waals surface area contributed by atoms with Gasteiger partial charge in [-0.2, -0.15) is 13.2 Å². The molecule has 1 N–H and O–H groups in total. The number of carbonyl (C=O) groups excluding carboxylic acids is 1. The number of carboxylic acid groups (broad SMARTS) is 1. The molecule has 186 valence electrons. The van der Waals surface area contributed by atoms with Gasteiger partial charge in [0, 0.05) is 48.9 Å². The summed E-state index contributed by atoms with van der Waals surface area (Å²) in [4.78, 5) is 32.9. The van der Waals surface area contributed by atoms with Gasteiger partial charge in [0.1, 0.15) is 11.4 Å². The number of aromatic nitrogens is 3. The smallest absolute Gasteiger partial charge is 0.490 e. The van der Waals surface area contributed by atoms with Crippen molar-refractivity contribution in [2.24, 2.45) is 0 Å². The van der Waals surface area contributed by atoms with Crippen LogP contribution in [-0.4, -0.2) is 56.1 Å². The van der Waals surface area contributed by atoms with E-state index in [1.165, 1.54) is 0 Å². The highest BCUT2D eigenvalue weighted by atomic mass is 19.4. The zero-order valence-electron chi connectivity index (χ0n) is 19.1. The number of amides is 1. The standard InChI is InChI=1S/C23H20N4O2.C2HF3O2/c1-29-20-8-7-18(16-5-4-10-24-13-16)22-19(20)15-27(23(22)28)12-9-17-14-26-11-3-2-6-21(26)25-17;3-2(4,5)1(6)7/h2-8,10-11,13-14H,9,12,15H2,1H3;(H,6,7). The molecule has 5 rings (SSSR count). The molecule has 0 unspecified atom stereocenters. The van der Waals surface area contributed by atoms with Gasteiger partial charge in [-0.25, -0.2) is 9.78 Å². The van der Waals surface area contributed by atoms with Gasteiger partial charge in [0.15, 0.2) is 0 Å². The number of alkyl halides is 3. The van der Waals surface area contributed by atoms with E-state index in [1.807, 2.05) is 64.2 Å². The molecular weight excluding hydrogens is 477 g/mol. The number of hydrogen-bond acceptors (Lipinski definition) is 5. The number of benzene rings is 1. The highest BCUT2D eigenvalue weighted by Crippen LogP contribution is 2.37. The number of pyridine rings is 2. The van der Waals surface area contributed by atoms with Gasteiger partial charge >= 0.3 is 12.1 Å². The van der Waals surface area contributed by atoms with E-state index in [1.54, 1.807) is 19.5 Å². The lowest BCUT2D eigenvalue weighted by atomic mass is 9.97. The summed E-state index contributed by atoms with van der Waals surface area (Å²) in [6.45, 7) is 1.14. The highest BCUT2D eigenvalue weighted by molar-refractivity contribution is 6.05. The average molecular weight is 498 g/mol. The van der Waals surface area contributed by atoms with Crippen LogP contribution in [0.15, 0.2) is 67.3 Å². The van der Waals surface area contributed by atoms with Crippen molar-refractivity contribution in [1.82, 2.24) is 19.3 Å². The third kappa shape index (κ3) is 5.14. The van der Waals surface area contributed by atoms with Crippen LogP contribution in [0.25, 0.3) is 16.8 Å². The average Bonchev–Trinajstić information content (AvgIpc) is 3.43. The van der Waals surface area contributed by atoms with E-state index in [9.17, 15) is 18.0 Å². The highest BCUT2D eigenvalue weighted by Gasteiger charge is 2.38. The summed E-state index contributed by atoms with van der Waals surface area (Å²) < 4.78 is 39.3. The molecule has 11 heteroatoms. The molecule has 0 fully saturated rings. The Morgan fingerprint density at radius 2 is 1.94 bits per heavy atom. The van der Waals surface area contributed by atoms with Crippen LogP contribution >= 0.6 is 0 Å². The van der Waals surface area contributed by atoms with Crippen molar-refractivity contribution in [3.63, 3.8) is 0 Å². The molecule has 1 aliphatic rings. The van der Waals surface area contributed by atoms with Gasteiger partial charge < -0.3 is 19.1 Å². The maximum Gasteiger partial charge on any atom is 0.490 e. The van der Waals surface area contributed by atoms with Crippen LogP contribution < -0.4 is 4.74 Å². The van der Waals surface area contributed by atoms with E-state index in [0.717, 1.165) is 33.8 Å². The lowest BCUT2D eigenvalue weighted by Gasteiger charge is -2.14. The Labute approximate surface area is 203 Å². The molecule has 36 heavy (non-hydrogen) atoms. The monoisotopic (exact) mass is 498 g/mol. The Bertz CT molecular complexity index is 1370. The predicted octanol–water partition coefficient (Wildman–Crippen LogP) is 4.24. The SMILES string of the molecule is COc1ccc(-c2cccnc2)c2c1CN(CCc1cn3ccccc3n1)C2=O.O=C(O)C(F)(F)F. The minimum atomic E-state index is -5.08. The first-order valence-electron chi connectivity index (χ1n) is 10.8. The van der Waals surface area contributed by atoms with Crippen LogP contribution in [0.5, 0.6) is 5.75 Å². The summed E-state index contributed by atoms with van der Waals surface area (Å²) in [7, 11) is 1.64. The number of fused-ring (bicyclic) bond motifs is 2. The number of imidazole rings is 1. The second kappa shape index (κ2) is 10.1. The lowest BCUT2D eigenvalue weighted by molar-refractivity contribution is -0.192. The summed E-state index contributed by atoms with van der Waals surface area (Å²) in [5.41, 5.74) is 5.37. The van der Waals surface area contributed by atoms with Gasteiger partial charge in [-0.15, -0.1) is 0 Å². The molecule has 1 aromatic carbocycles. The van der Waals surface area contributed by atoms with Crippen molar-refractivity contribution in [3.05, 3.63) is 84.1 Å². The van der Waals surface area contributed by atoms with Crippen molar-refractivity contribution < 1.29 is 32.6 Å². The number of nitrogens with zero attached hydrogens (tertiary/aromatic N) is 4. The van der Waals surface area contributed by atoms with E-state index >= 15 is 0 Å². The molecule has 1 amide bonds. The Morgan fingerprint density at radius 1 is 1.17 bits per heavy atom. The molecule has 8 nitrogen and oxygen atoms in total. The fourth-order valence-electron chi connectivity index (χ4n) is 3.94. The summed E-state index contributed by atoms with van der Waals surface area (Å²) in [6.07, 6.45) is 3.13. The summed E-state index contributed by atoms with van der Waals surface area (Å²) in [5.74, 6) is -1.98. The van der Waals surface area contributed by atoms with Crippen molar-refractivity contribution in [2.45, 2.75) is 19.1 Å². The number of aliphatic carboxylic acids is 1. The van der Waals surface area contributed by atoms with E-state index in [0.29, 0.717) is 25.1 Å². The van der Waals surface area contributed by atoms with Gasteiger partial charge in [-0.1, -0.05) is 12.1 Å². The second-order valence-corrected chi connectivity index (χ2v) is 7.89. The molecule has 0 saturated carbocycles. The Kier molecular flexibility index (Phi) is 6.91. The number of methoxy groups -OCH3 is 1. The van der Waals surface area contributed by atoms with E-state index in [-0.39, 0.29) is 5.91 Å². The van der Waals surface area contributed by atoms with Crippen LogP contribution in [0.2, 0.25) is 0 Å². The van der Waals surface area contributed by atoms with Crippen molar-refractivity contribution in [2.75, 3.05) is 13.7 Å². The second-order valence-electron chi connectivity index (χ2n) is 7.89. The molecule has 0 saturated heterocycles. The number of carboxylic acids is 1.